The Balaban J connectivity index is 1.51. The summed E-state index contributed by atoms with van der Waals surface area (Å²) in [6, 6.07) is 16.8. The molecule has 1 heterocycles. The smallest absolute Gasteiger partial charge is 0.255 e. The van der Waals surface area contributed by atoms with Gasteiger partial charge in [0.1, 0.15) is 5.82 Å². The first kappa shape index (κ1) is 27.9. The molecule has 3 aromatic carbocycles. The molecule has 0 saturated carbocycles. The third kappa shape index (κ3) is 7.04. The van der Waals surface area contributed by atoms with E-state index in [2.05, 4.69) is 20.4 Å². The molecular formula is C29H34FN5O4. The Morgan fingerprint density at radius 1 is 0.872 bits per heavy atom. The molecule has 4 rings (SSSR count). The van der Waals surface area contributed by atoms with Crippen molar-refractivity contribution in [2.45, 2.75) is 6.54 Å². The van der Waals surface area contributed by atoms with Crippen LogP contribution in [0.3, 0.4) is 0 Å². The van der Waals surface area contributed by atoms with E-state index in [9.17, 15) is 14.0 Å². The van der Waals surface area contributed by atoms with E-state index in [0.29, 0.717) is 47.9 Å². The molecule has 1 fully saturated rings. The van der Waals surface area contributed by atoms with Gasteiger partial charge >= 0.3 is 0 Å². The van der Waals surface area contributed by atoms with Gasteiger partial charge in [0.15, 0.2) is 11.5 Å². The Hall–Kier alpha value is -4.15. The Bertz CT molecular complexity index is 1290. The molecule has 39 heavy (non-hydrogen) atoms. The van der Waals surface area contributed by atoms with Gasteiger partial charge in [0.2, 0.25) is 0 Å². The average molecular weight is 536 g/mol. The molecule has 4 N–H and O–H groups in total. The number of piperazine rings is 1. The highest BCUT2D eigenvalue weighted by Crippen LogP contribution is 2.29. The van der Waals surface area contributed by atoms with Crippen LogP contribution >= 0.6 is 0 Å². The monoisotopic (exact) mass is 535 g/mol. The molecule has 0 bridgehead atoms. The second-order valence-electron chi connectivity index (χ2n) is 9.18. The lowest BCUT2D eigenvalue weighted by atomic mass is 10.1. The number of halogens is 1. The number of benzene rings is 3. The van der Waals surface area contributed by atoms with Crippen molar-refractivity contribution >= 4 is 23.2 Å². The third-order valence-electron chi connectivity index (χ3n) is 6.65. The number of methoxy groups -OCH3 is 2. The fraction of sp³-hybridized carbons (Fsp3) is 0.310. The summed E-state index contributed by atoms with van der Waals surface area (Å²) in [6.07, 6.45) is 0. The molecule has 9 nitrogen and oxygen atoms in total. The van der Waals surface area contributed by atoms with E-state index in [1.807, 2.05) is 6.07 Å². The van der Waals surface area contributed by atoms with E-state index in [1.54, 1.807) is 42.5 Å². The molecule has 1 aliphatic rings. The molecule has 2 amide bonds. The first-order valence-corrected chi connectivity index (χ1v) is 12.8. The van der Waals surface area contributed by atoms with Gasteiger partial charge in [-0.1, -0.05) is 6.07 Å². The maximum atomic E-state index is 13.3. The van der Waals surface area contributed by atoms with E-state index in [0.717, 1.165) is 37.4 Å². The number of amides is 2. The van der Waals surface area contributed by atoms with Crippen LogP contribution in [0.2, 0.25) is 0 Å². The van der Waals surface area contributed by atoms with Gasteiger partial charge in [-0.2, -0.15) is 0 Å². The van der Waals surface area contributed by atoms with E-state index in [-0.39, 0.29) is 17.6 Å². The lowest BCUT2D eigenvalue weighted by Gasteiger charge is -2.36. The number of hydrogen-bond donors (Lipinski definition) is 3. The van der Waals surface area contributed by atoms with Gasteiger partial charge in [0.05, 0.1) is 14.2 Å². The van der Waals surface area contributed by atoms with Crippen molar-refractivity contribution in [2.24, 2.45) is 5.73 Å². The summed E-state index contributed by atoms with van der Waals surface area (Å²) < 4.78 is 23.9. The van der Waals surface area contributed by atoms with E-state index < -0.39 is 0 Å². The number of carbonyl (C=O) groups excluding carboxylic acids is 2. The minimum Gasteiger partial charge on any atom is -0.493 e. The normalized spacial score (nSPS) is 13.6. The number of carbonyl (C=O) groups is 2. The quantitative estimate of drug-likeness (QED) is 0.366. The van der Waals surface area contributed by atoms with Crippen LogP contribution in [0.4, 0.5) is 15.8 Å². The molecule has 10 heteroatoms. The number of ether oxygens (including phenoxy) is 2. The standard InChI is InChI=1S/C29H34FN5O4/c1-38-26-10-5-21(18-27(26)39-2)29(37)33-25-17-20(28(36)32-12-11-31)3-4-22(25)19-34-13-15-35(16-14-34)24-8-6-23(30)7-9-24/h3-10,17-18H,11-16,19,31H2,1-2H3,(H,32,36)(H,33,37). The Morgan fingerprint density at radius 2 is 1.54 bits per heavy atom. The molecule has 0 atom stereocenters. The predicted molar refractivity (Wildman–Crippen MR) is 149 cm³/mol. The second kappa shape index (κ2) is 13.1. The van der Waals surface area contributed by atoms with Gasteiger partial charge in [0.25, 0.3) is 11.8 Å². The SMILES string of the molecule is COc1ccc(C(=O)Nc2cc(C(=O)NCCN)ccc2CN2CCN(c3ccc(F)cc3)CC2)cc1OC. The van der Waals surface area contributed by atoms with Crippen molar-refractivity contribution in [1.82, 2.24) is 10.2 Å². The first-order valence-electron chi connectivity index (χ1n) is 12.8. The zero-order valence-electron chi connectivity index (χ0n) is 22.2. The summed E-state index contributed by atoms with van der Waals surface area (Å²) >= 11 is 0. The number of rotatable bonds is 10. The minimum absolute atomic E-state index is 0.250. The molecule has 3 aromatic rings. The molecule has 0 unspecified atom stereocenters. The van der Waals surface area contributed by atoms with E-state index >= 15 is 0 Å². The van der Waals surface area contributed by atoms with Gasteiger partial charge in [-0.05, 0) is 60.2 Å². The van der Waals surface area contributed by atoms with Crippen LogP contribution in [-0.4, -0.2) is 70.2 Å². The van der Waals surface area contributed by atoms with Gasteiger partial charge in [-0.15, -0.1) is 0 Å². The third-order valence-corrected chi connectivity index (χ3v) is 6.65. The van der Waals surface area contributed by atoms with Crippen LogP contribution in [0, 0.1) is 5.82 Å². The maximum absolute atomic E-state index is 13.3. The summed E-state index contributed by atoms with van der Waals surface area (Å²) in [7, 11) is 3.04. The largest absolute Gasteiger partial charge is 0.493 e. The Labute approximate surface area is 227 Å². The van der Waals surface area contributed by atoms with Gasteiger partial charge < -0.3 is 30.7 Å². The van der Waals surface area contributed by atoms with Crippen LogP contribution in [0.15, 0.2) is 60.7 Å². The van der Waals surface area contributed by atoms with Gasteiger partial charge in [-0.25, -0.2) is 4.39 Å². The number of nitrogens with zero attached hydrogens (tertiary/aromatic N) is 2. The number of anilines is 2. The van der Waals surface area contributed by atoms with Crippen molar-refractivity contribution in [3.63, 3.8) is 0 Å². The van der Waals surface area contributed by atoms with Gasteiger partial charge in [-0.3, -0.25) is 14.5 Å². The molecule has 0 aliphatic carbocycles. The Kier molecular flexibility index (Phi) is 9.35. The van der Waals surface area contributed by atoms with Gasteiger partial charge in [0, 0.05) is 68.3 Å². The van der Waals surface area contributed by atoms with Crippen molar-refractivity contribution < 1.29 is 23.5 Å². The fourth-order valence-corrected chi connectivity index (χ4v) is 4.49. The van der Waals surface area contributed by atoms with Crippen LogP contribution in [-0.2, 0) is 6.54 Å². The molecular weight excluding hydrogens is 501 g/mol. The van der Waals surface area contributed by atoms with Crippen LogP contribution in [0.5, 0.6) is 11.5 Å². The second-order valence-corrected chi connectivity index (χ2v) is 9.18. The zero-order chi connectivity index (χ0) is 27.8. The highest BCUT2D eigenvalue weighted by Gasteiger charge is 2.20. The predicted octanol–water partition coefficient (Wildman–Crippen LogP) is 3.11. The molecule has 1 saturated heterocycles. The number of nitrogens with one attached hydrogen (secondary N) is 2. The topological polar surface area (TPSA) is 109 Å². The zero-order valence-corrected chi connectivity index (χ0v) is 22.2. The van der Waals surface area contributed by atoms with Crippen molar-refractivity contribution in [3.8, 4) is 11.5 Å². The number of hydrogen-bond acceptors (Lipinski definition) is 7. The minimum atomic E-state index is -0.335. The maximum Gasteiger partial charge on any atom is 0.255 e. The van der Waals surface area contributed by atoms with Crippen molar-refractivity contribution in [2.75, 3.05) is 63.7 Å². The molecule has 1 aliphatic heterocycles. The Morgan fingerprint density at radius 3 is 2.21 bits per heavy atom. The summed E-state index contributed by atoms with van der Waals surface area (Å²) in [5, 5.41) is 5.75. The average Bonchev–Trinajstić information content (AvgIpc) is 2.97. The van der Waals surface area contributed by atoms with Crippen molar-refractivity contribution in [3.05, 3.63) is 83.2 Å². The summed E-state index contributed by atoms with van der Waals surface area (Å²) in [5.41, 5.74) is 8.77. The molecule has 0 spiro atoms. The van der Waals surface area contributed by atoms with Crippen molar-refractivity contribution in [1.29, 1.82) is 0 Å². The summed E-state index contributed by atoms with van der Waals surface area (Å²) in [6.45, 7) is 4.43. The van der Waals surface area contributed by atoms with Crippen LogP contribution in [0.1, 0.15) is 26.3 Å². The molecule has 0 aromatic heterocycles. The lowest BCUT2D eigenvalue weighted by Crippen LogP contribution is -2.46. The highest BCUT2D eigenvalue weighted by molar-refractivity contribution is 6.06. The van der Waals surface area contributed by atoms with Crippen LogP contribution < -0.4 is 30.7 Å². The molecule has 0 radical (unpaired) electrons. The lowest BCUT2D eigenvalue weighted by molar-refractivity contribution is 0.0953. The summed E-state index contributed by atoms with van der Waals surface area (Å²) in [4.78, 5) is 30.4. The van der Waals surface area contributed by atoms with E-state index in [1.165, 1.54) is 26.4 Å². The fourth-order valence-electron chi connectivity index (χ4n) is 4.49. The highest BCUT2D eigenvalue weighted by atomic mass is 19.1. The van der Waals surface area contributed by atoms with E-state index in [4.69, 9.17) is 15.2 Å². The number of nitrogens with two attached hydrogens (primary N) is 1. The van der Waals surface area contributed by atoms with Crippen LogP contribution in [0.25, 0.3) is 0 Å². The molecule has 206 valence electrons. The first-order chi connectivity index (χ1) is 18.9. The summed E-state index contributed by atoms with van der Waals surface area (Å²) in [5.74, 6) is 0.118.